The molecule has 0 saturated carbocycles. The first-order valence-electron chi connectivity index (χ1n) is 7.51. The number of nitrogens with one attached hydrogen (secondary N) is 2. The number of carbonyl (C=O) groups excluding carboxylic acids is 1. The Kier molecular flexibility index (Phi) is 5.70. The third-order valence-corrected chi connectivity index (χ3v) is 3.81. The van der Waals surface area contributed by atoms with Crippen LogP contribution in [0, 0.1) is 5.82 Å². The zero-order valence-electron chi connectivity index (χ0n) is 12.6. The summed E-state index contributed by atoms with van der Waals surface area (Å²) >= 11 is 0. The van der Waals surface area contributed by atoms with Gasteiger partial charge in [0.05, 0.1) is 6.10 Å². The second-order valence-electron chi connectivity index (χ2n) is 5.57. The van der Waals surface area contributed by atoms with Gasteiger partial charge in [-0.3, -0.25) is 4.79 Å². The van der Waals surface area contributed by atoms with E-state index in [1.54, 1.807) is 12.1 Å². The first kappa shape index (κ1) is 15.9. The van der Waals surface area contributed by atoms with Crippen molar-refractivity contribution in [2.24, 2.45) is 0 Å². The molecular formula is C16H23FN2O2. The van der Waals surface area contributed by atoms with Crippen LogP contribution in [-0.4, -0.2) is 30.7 Å². The van der Waals surface area contributed by atoms with E-state index in [-0.39, 0.29) is 30.5 Å². The molecule has 0 aliphatic carbocycles. The minimum absolute atomic E-state index is 0.00621. The van der Waals surface area contributed by atoms with Crippen molar-refractivity contribution < 1.29 is 13.9 Å². The molecule has 3 atom stereocenters. The third-order valence-electron chi connectivity index (χ3n) is 3.81. The minimum atomic E-state index is -0.370. The van der Waals surface area contributed by atoms with Gasteiger partial charge < -0.3 is 15.4 Å². The minimum Gasteiger partial charge on any atom is -0.367 e. The van der Waals surface area contributed by atoms with Gasteiger partial charge in [0.25, 0.3) is 0 Å². The second-order valence-corrected chi connectivity index (χ2v) is 5.57. The lowest BCUT2D eigenvalue weighted by Crippen LogP contribution is -2.50. The maximum atomic E-state index is 13.0. The zero-order valence-corrected chi connectivity index (χ0v) is 12.6. The van der Waals surface area contributed by atoms with Crippen LogP contribution >= 0.6 is 0 Å². The first-order valence-corrected chi connectivity index (χ1v) is 7.51. The summed E-state index contributed by atoms with van der Waals surface area (Å²) in [7, 11) is 0. The lowest BCUT2D eigenvalue weighted by Gasteiger charge is -2.35. The smallest absolute Gasteiger partial charge is 0.250 e. The highest BCUT2D eigenvalue weighted by molar-refractivity contribution is 5.91. The van der Waals surface area contributed by atoms with E-state index < -0.39 is 0 Å². The molecule has 0 bridgehead atoms. The fourth-order valence-electron chi connectivity index (χ4n) is 2.70. The summed E-state index contributed by atoms with van der Waals surface area (Å²) in [6, 6.07) is 6.63. The van der Waals surface area contributed by atoms with Gasteiger partial charge in [0.2, 0.25) is 5.91 Å². The predicted octanol–water partition coefficient (Wildman–Crippen LogP) is 2.70. The van der Waals surface area contributed by atoms with Crippen LogP contribution in [-0.2, 0) is 9.53 Å². The Morgan fingerprint density at radius 1 is 1.48 bits per heavy atom. The van der Waals surface area contributed by atoms with Crippen molar-refractivity contribution in [3.8, 4) is 0 Å². The highest BCUT2D eigenvalue weighted by Gasteiger charge is 2.27. The molecule has 1 fully saturated rings. The molecule has 0 aromatic heterocycles. The molecule has 1 heterocycles. The quantitative estimate of drug-likeness (QED) is 0.878. The Hall–Kier alpha value is -1.46. The molecule has 116 valence electrons. The van der Waals surface area contributed by atoms with E-state index in [4.69, 9.17) is 4.74 Å². The van der Waals surface area contributed by atoms with Gasteiger partial charge in [-0.15, -0.1) is 0 Å². The number of amides is 1. The van der Waals surface area contributed by atoms with Gasteiger partial charge in [-0.1, -0.05) is 13.0 Å². The number of piperidine rings is 1. The van der Waals surface area contributed by atoms with Gasteiger partial charge in [-0.2, -0.15) is 0 Å². The maximum absolute atomic E-state index is 13.0. The molecule has 2 N–H and O–H groups in total. The van der Waals surface area contributed by atoms with Crippen LogP contribution in [0.5, 0.6) is 0 Å². The molecule has 5 heteroatoms. The van der Waals surface area contributed by atoms with Crippen molar-refractivity contribution in [3.05, 3.63) is 30.1 Å². The summed E-state index contributed by atoms with van der Waals surface area (Å²) in [5.74, 6) is -0.626. The van der Waals surface area contributed by atoms with Crippen molar-refractivity contribution in [1.82, 2.24) is 5.32 Å². The van der Waals surface area contributed by atoms with Crippen LogP contribution in [0.25, 0.3) is 0 Å². The van der Waals surface area contributed by atoms with Crippen molar-refractivity contribution in [2.75, 3.05) is 11.9 Å². The van der Waals surface area contributed by atoms with Crippen LogP contribution in [0.1, 0.15) is 33.1 Å². The van der Waals surface area contributed by atoms with Crippen molar-refractivity contribution >= 4 is 11.6 Å². The van der Waals surface area contributed by atoms with Crippen LogP contribution in [0.2, 0.25) is 0 Å². The molecule has 1 saturated heterocycles. The summed E-state index contributed by atoms with van der Waals surface area (Å²) < 4.78 is 18.8. The van der Waals surface area contributed by atoms with Gasteiger partial charge in [0.1, 0.15) is 12.4 Å². The lowest BCUT2D eigenvalue weighted by atomic mass is 9.95. The SMILES string of the molecule is CCC1NC(C)CCC1OCC(=O)Nc1cccc(F)c1. The third kappa shape index (κ3) is 4.79. The van der Waals surface area contributed by atoms with Crippen LogP contribution in [0.3, 0.4) is 0 Å². The molecule has 0 spiro atoms. The molecule has 1 aromatic carbocycles. The maximum Gasteiger partial charge on any atom is 0.250 e. The van der Waals surface area contributed by atoms with Crippen LogP contribution < -0.4 is 10.6 Å². The average molecular weight is 294 g/mol. The fraction of sp³-hybridized carbons (Fsp3) is 0.562. The Morgan fingerprint density at radius 3 is 3.00 bits per heavy atom. The standard InChI is InChI=1S/C16H23FN2O2/c1-3-14-15(8-7-11(2)18-14)21-10-16(20)19-13-6-4-5-12(17)9-13/h4-6,9,11,14-15,18H,3,7-8,10H2,1-2H3,(H,19,20). The largest absolute Gasteiger partial charge is 0.367 e. The van der Waals surface area contributed by atoms with Crippen molar-refractivity contribution in [1.29, 1.82) is 0 Å². The second kappa shape index (κ2) is 7.52. The molecule has 21 heavy (non-hydrogen) atoms. The molecule has 1 aromatic rings. The molecular weight excluding hydrogens is 271 g/mol. The van der Waals surface area contributed by atoms with Crippen molar-refractivity contribution in [3.63, 3.8) is 0 Å². The Morgan fingerprint density at radius 2 is 2.29 bits per heavy atom. The number of anilines is 1. The van der Waals surface area contributed by atoms with Gasteiger partial charge in [0, 0.05) is 17.8 Å². The molecule has 2 rings (SSSR count). The fourth-order valence-corrected chi connectivity index (χ4v) is 2.70. The molecule has 1 aliphatic rings. The highest BCUT2D eigenvalue weighted by atomic mass is 19.1. The van der Waals surface area contributed by atoms with E-state index in [0.717, 1.165) is 19.3 Å². The summed E-state index contributed by atoms with van der Waals surface area (Å²) in [6.07, 6.45) is 3.04. The molecule has 1 amide bonds. The van der Waals surface area contributed by atoms with E-state index >= 15 is 0 Å². The van der Waals surface area contributed by atoms with Crippen LogP contribution in [0.4, 0.5) is 10.1 Å². The van der Waals surface area contributed by atoms with Gasteiger partial charge >= 0.3 is 0 Å². The van der Waals surface area contributed by atoms with E-state index in [9.17, 15) is 9.18 Å². The Bertz CT molecular complexity index is 481. The Labute approximate surface area is 125 Å². The molecule has 1 aliphatic heterocycles. The number of hydrogen-bond acceptors (Lipinski definition) is 3. The van der Waals surface area contributed by atoms with E-state index in [0.29, 0.717) is 11.7 Å². The van der Waals surface area contributed by atoms with E-state index in [1.165, 1.54) is 12.1 Å². The molecule has 0 radical (unpaired) electrons. The number of carbonyl (C=O) groups is 1. The molecule has 4 nitrogen and oxygen atoms in total. The lowest BCUT2D eigenvalue weighted by molar-refractivity contribution is -0.124. The zero-order chi connectivity index (χ0) is 15.2. The summed E-state index contributed by atoms with van der Waals surface area (Å²) in [6.45, 7) is 4.27. The number of rotatable bonds is 5. The number of benzene rings is 1. The van der Waals surface area contributed by atoms with Gasteiger partial charge in [-0.05, 0) is 44.4 Å². The average Bonchev–Trinajstić information content (AvgIpc) is 2.45. The van der Waals surface area contributed by atoms with Gasteiger partial charge in [-0.25, -0.2) is 4.39 Å². The van der Waals surface area contributed by atoms with Crippen LogP contribution in [0.15, 0.2) is 24.3 Å². The van der Waals surface area contributed by atoms with E-state index in [1.807, 2.05) is 0 Å². The topological polar surface area (TPSA) is 50.4 Å². The monoisotopic (exact) mass is 294 g/mol. The summed E-state index contributed by atoms with van der Waals surface area (Å²) in [5, 5.41) is 6.13. The predicted molar refractivity (Wildman–Crippen MR) is 80.7 cm³/mol. The number of ether oxygens (including phenoxy) is 1. The van der Waals surface area contributed by atoms with Crippen molar-refractivity contribution in [2.45, 2.75) is 51.3 Å². The summed E-state index contributed by atoms with van der Waals surface area (Å²) in [5.41, 5.74) is 0.450. The highest BCUT2D eigenvalue weighted by Crippen LogP contribution is 2.19. The van der Waals surface area contributed by atoms with E-state index in [2.05, 4.69) is 24.5 Å². The van der Waals surface area contributed by atoms with Gasteiger partial charge in [0.15, 0.2) is 0 Å². The molecule has 3 unspecified atom stereocenters. The number of halogens is 1. The Balaban J connectivity index is 1.80. The normalized spacial score (nSPS) is 25.6. The first-order chi connectivity index (χ1) is 10.1. The summed E-state index contributed by atoms with van der Waals surface area (Å²) in [4.78, 5) is 11.8. The number of hydrogen-bond donors (Lipinski definition) is 2.